The summed E-state index contributed by atoms with van der Waals surface area (Å²) < 4.78 is 0. The predicted molar refractivity (Wildman–Crippen MR) is 66.0 cm³/mol. The molecule has 0 aromatic carbocycles. The van der Waals surface area contributed by atoms with E-state index in [2.05, 4.69) is 15.3 Å². The summed E-state index contributed by atoms with van der Waals surface area (Å²) in [7, 11) is 0. The number of carbonyl (C=O) groups excluding carboxylic acids is 1. The Kier molecular flexibility index (Phi) is 5.03. The zero-order valence-electron chi connectivity index (χ0n) is 10.6. The van der Waals surface area contributed by atoms with E-state index >= 15 is 0 Å². The quantitative estimate of drug-likeness (QED) is 0.785. The van der Waals surface area contributed by atoms with Crippen LogP contribution < -0.4 is 11.1 Å². The highest BCUT2D eigenvalue weighted by Gasteiger charge is 2.19. The van der Waals surface area contributed by atoms with Gasteiger partial charge in [0.25, 0.3) is 0 Å². The van der Waals surface area contributed by atoms with Crippen molar-refractivity contribution in [2.24, 2.45) is 17.6 Å². The van der Waals surface area contributed by atoms with Crippen molar-refractivity contribution in [1.82, 2.24) is 15.3 Å². The maximum atomic E-state index is 11.8. The van der Waals surface area contributed by atoms with Gasteiger partial charge in [-0.25, -0.2) is 0 Å². The Morgan fingerprint density at radius 1 is 1.41 bits per heavy atom. The molecule has 1 rings (SSSR count). The van der Waals surface area contributed by atoms with Gasteiger partial charge in [-0.2, -0.15) is 0 Å². The number of nitrogens with two attached hydrogens (primary N) is 1. The zero-order chi connectivity index (χ0) is 12.8. The van der Waals surface area contributed by atoms with Gasteiger partial charge >= 0.3 is 0 Å². The number of aromatic nitrogens is 2. The first kappa shape index (κ1) is 13.6. The lowest BCUT2D eigenvalue weighted by Crippen LogP contribution is -2.37. The van der Waals surface area contributed by atoms with Crippen LogP contribution in [0.5, 0.6) is 0 Å². The van der Waals surface area contributed by atoms with E-state index in [1.807, 2.05) is 20.8 Å². The number of aryl methyl sites for hydroxylation is 1. The van der Waals surface area contributed by atoms with E-state index in [0.29, 0.717) is 13.1 Å². The summed E-state index contributed by atoms with van der Waals surface area (Å²) in [4.78, 5) is 20.1. The highest BCUT2D eigenvalue weighted by molar-refractivity contribution is 5.79. The van der Waals surface area contributed by atoms with Crippen molar-refractivity contribution < 1.29 is 4.79 Å². The van der Waals surface area contributed by atoms with Gasteiger partial charge in [0.1, 0.15) is 0 Å². The molecule has 0 saturated carbocycles. The molecule has 1 atom stereocenters. The number of nitrogens with zero attached hydrogens (tertiary/aromatic N) is 2. The molecule has 1 amide bonds. The molecule has 17 heavy (non-hydrogen) atoms. The molecule has 5 nitrogen and oxygen atoms in total. The van der Waals surface area contributed by atoms with Crippen LogP contribution in [0.4, 0.5) is 0 Å². The second kappa shape index (κ2) is 6.30. The van der Waals surface area contributed by atoms with Crippen LogP contribution in [0.15, 0.2) is 12.4 Å². The Morgan fingerprint density at radius 3 is 2.59 bits per heavy atom. The lowest BCUT2D eigenvalue weighted by molar-refractivity contribution is -0.126. The number of carbonyl (C=O) groups is 1. The first-order chi connectivity index (χ1) is 8.04. The summed E-state index contributed by atoms with van der Waals surface area (Å²) in [5, 5.41) is 2.83. The van der Waals surface area contributed by atoms with Crippen molar-refractivity contribution in [2.75, 3.05) is 6.54 Å². The van der Waals surface area contributed by atoms with Crippen molar-refractivity contribution in [3.63, 3.8) is 0 Å². The topological polar surface area (TPSA) is 80.9 Å². The highest BCUT2D eigenvalue weighted by Crippen LogP contribution is 2.09. The van der Waals surface area contributed by atoms with E-state index in [-0.39, 0.29) is 17.7 Å². The molecule has 3 N–H and O–H groups in total. The number of rotatable bonds is 5. The average Bonchev–Trinajstić information content (AvgIpc) is 2.28. The van der Waals surface area contributed by atoms with Gasteiger partial charge in [-0.1, -0.05) is 13.8 Å². The van der Waals surface area contributed by atoms with Crippen LogP contribution >= 0.6 is 0 Å². The van der Waals surface area contributed by atoms with Crippen LogP contribution in [-0.4, -0.2) is 22.4 Å². The fourth-order valence-electron chi connectivity index (χ4n) is 1.50. The van der Waals surface area contributed by atoms with Gasteiger partial charge in [-0.3, -0.25) is 14.8 Å². The monoisotopic (exact) mass is 236 g/mol. The third kappa shape index (κ3) is 4.11. The summed E-state index contributed by atoms with van der Waals surface area (Å²) in [6.07, 6.45) is 3.35. The molecule has 0 saturated heterocycles. The molecule has 1 aromatic heterocycles. The Hall–Kier alpha value is -1.49. The summed E-state index contributed by atoms with van der Waals surface area (Å²) in [6, 6.07) is 0. The maximum absolute atomic E-state index is 11.8. The van der Waals surface area contributed by atoms with E-state index in [9.17, 15) is 4.79 Å². The van der Waals surface area contributed by atoms with Gasteiger partial charge < -0.3 is 11.1 Å². The molecule has 0 aliphatic rings. The zero-order valence-corrected chi connectivity index (χ0v) is 10.6. The summed E-state index contributed by atoms with van der Waals surface area (Å²) in [5.74, 6) is 0.0717. The second-order valence-electron chi connectivity index (χ2n) is 4.45. The highest BCUT2D eigenvalue weighted by atomic mass is 16.1. The molecule has 0 aliphatic heterocycles. The van der Waals surface area contributed by atoms with Crippen LogP contribution in [0.1, 0.15) is 25.2 Å². The molecule has 0 radical (unpaired) electrons. The van der Waals surface area contributed by atoms with Gasteiger partial charge in [0.05, 0.1) is 30.0 Å². The van der Waals surface area contributed by atoms with Crippen LogP contribution in [0.25, 0.3) is 0 Å². The van der Waals surface area contributed by atoms with Gasteiger partial charge in [-0.15, -0.1) is 0 Å². The average molecular weight is 236 g/mol. The SMILES string of the molecule is Cc1cnc(CNC(=O)C(CN)C(C)C)cn1. The Morgan fingerprint density at radius 2 is 2.12 bits per heavy atom. The number of hydrogen-bond donors (Lipinski definition) is 2. The summed E-state index contributed by atoms with van der Waals surface area (Å²) >= 11 is 0. The fraction of sp³-hybridized carbons (Fsp3) is 0.583. The fourth-order valence-corrected chi connectivity index (χ4v) is 1.50. The standard InChI is InChI=1S/C12H20N4O/c1-8(2)11(4-13)12(17)16-7-10-6-14-9(3)5-15-10/h5-6,8,11H,4,7,13H2,1-3H3,(H,16,17). The minimum atomic E-state index is -0.145. The van der Waals surface area contributed by atoms with E-state index in [1.165, 1.54) is 0 Å². The molecule has 5 heteroatoms. The molecule has 0 spiro atoms. The predicted octanol–water partition coefficient (Wildman–Crippen LogP) is 0.632. The molecule has 1 aromatic rings. The van der Waals surface area contributed by atoms with Gasteiger partial charge in [0, 0.05) is 12.7 Å². The lowest BCUT2D eigenvalue weighted by Gasteiger charge is -2.17. The van der Waals surface area contributed by atoms with Gasteiger partial charge in [0.15, 0.2) is 0 Å². The van der Waals surface area contributed by atoms with E-state index in [4.69, 9.17) is 5.73 Å². The number of amides is 1. The Balaban J connectivity index is 2.50. The molecule has 1 unspecified atom stereocenters. The van der Waals surface area contributed by atoms with Crippen molar-refractivity contribution in [2.45, 2.75) is 27.3 Å². The van der Waals surface area contributed by atoms with E-state index in [1.54, 1.807) is 12.4 Å². The molecule has 0 aliphatic carbocycles. The van der Waals surface area contributed by atoms with Crippen LogP contribution in [-0.2, 0) is 11.3 Å². The molecular formula is C12H20N4O. The third-order valence-electron chi connectivity index (χ3n) is 2.67. The maximum Gasteiger partial charge on any atom is 0.224 e. The van der Waals surface area contributed by atoms with Gasteiger partial charge in [0.2, 0.25) is 5.91 Å². The van der Waals surface area contributed by atoms with Crippen LogP contribution in [0, 0.1) is 18.8 Å². The van der Waals surface area contributed by atoms with Crippen molar-refractivity contribution in [1.29, 1.82) is 0 Å². The second-order valence-corrected chi connectivity index (χ2v) is 4.45. The summed E-state index contributed by atoms with van der Waals surface area (Å²) in [6.45, 7) is 6.61. The molecule has 94 valence electrons. The van der Waals surface area contributed by atoms with Gasteiger partial charge in [-0.05, 0) is 12.8 Å². The Labute approximate surface area is 102 Å². The minimum Gasteiger partial charge on any atom is -0.350 e. The molecule has 1 heterocycles. The van der Waals surface area contributed by atoms with Crippen LogP contribution in [0.3, 0.4) is 0 Å². The van der Waals surface area contributed by atoms with Crippen molar-refractivity contribution >= 4 is 5.91 Å². The molecule has 0 fully saturated rings. The largest absolute Gasteiger partial charge is 0.350 e. The minimum absolute atomic E-state index is 0.0233. The van der Waals surface area contributed by atoms with Crippen LogP contribution in [0.2, 0.25) is 0 Å². The third-order valence-corrected chi connectivity index (χ3v) is 2.67. The smallest absolute Gasteiger partial charge is 0.224 e. The molecular weight excluding hydrogens is 216 g/mol. The lowest BCUT2D eigenvalue weighted by atomic mass is 9.95. The normalized spacial score (nSPS) is 12.5. The van der Waals surface area contributed by atoms with Crippen molar-refractivity contribution in [3.05, 3.63) is 23.8 Å². The number of nitrogens with one attached hydrogen (secondary N) is 1. The Bertz CT molecular complexity index is 361. The number of hydrogen-bond acceptors (Lipinski definition) is 4. The summed E-state index contributed by atoms with van der Waals surface area (Å²) in [5.41, 5.74) is 7.19. The van der Waals surface area contributed by atoms with Crippen molar-refractivity contribution in [3.8, 4) is 0 Å². The first-order valence-electron chi connectivity index (χ1n) is 5.80. The first-order valence-corrected chi connectivity index (χ1v) is 5.80. The van der Waals surface area contributed by atoms with E-state index in [0.717, 1.165) is 11.4 Å². The molecule has 0 bridgehead atoms. The van der Waals surface area contributed by atoms with E-state index < -0.39 is 0 Å².